The average Bonchev–Trinajstić information content (AvgIpc) is 2.28. The molecule has 1 rings (SSSR count). The van der Waals surface area contributed by atoms with Crippen LogP contribution in [0.15, 0.2) is 29.2 Å². The van der Waals surface area contributed by atoms with Crippen LogP contribution in [-0.2, 0) is 14.8 Å². The third-order valence-corrected chi connectivity index (χ3v) is 3.83. The largest absolute Gasteiger partial charge is 0.480 e. The van der Waals surface area contributed by atoms with Gasteiger partial charge in [0.2, 0.25) is 10.0 Å². The molecule has 1 aromatic rings. The Balaban J connectivity index is 3.13. The first kappa shape index (κ1) is 13.2. The van der Waals surface area contributed by atoms with Crippen LogP contribution in [0.2, 0.25) is 0 Å². The number of carboxylic acid groups (broad SMARTS) is 1. The molecular formula is C10H10N2O4S. The molecule has 0 fully saturated rings. The standard InChI is InChI=1S/C10H10N2O4S/c1-12(7-10(13)14)17(15,16)9-4-2-3-8(5-9)6-11/h2-5H,7H2,1H3,(H,13,14). The van der Waals surface area contributed by atoms with Gasteiger partial charge in [-0.1, -0.05) is 6.07 Å². The molecule has 0 atom stereocenters. The summed E-state index contributed by atoms with van der Waals surface area (Å²) in [7, 11) is -2.70. The highest BCUT2D eigenvalue weighted by atomic mass is 32.2. The van der Waals surface area contributed by atoms with Crippen LogP contribution in [-0.4, -0.2) is 37.4 Å². The summed E-state index contributed by atoms with van der Waals surface area (Å²) >= 11 is 0. The second kappa shape index (κ2) is 4.95. The minimum Gasteiger partial charge on any atom is -0.480 e. The van der Waals surface area contributed by atoms with Crippen LogP contribution in [0.4, 0.5) is 0 Å². The van der Waals surface area contributed by atoms with Gasteiger partial charge in [0.15, 0.2) is 0 Å². The van der Waals surface area contributed by atoms with E-state index in [4.69, 9.17) is 10.4 Å². The van der Waals surface area contributed by atoms with Crippen LogP contribution in [0.25, 0.3) is 0 Å². The van der Waals surface area contributed by atoms with Gasteiger partial charge < -0.3 is 5.11 Å². The Morgan fingerprint density at radius 1 is 1.53 bits per heavy atom. The monoisotopic (exact) mass is 254 g/mol. The van der Waals surface area contributed by atoms with Gasteiger partial charge >= 0.3 is 5.97 Å². The summed E-state index contributed by atoms with van der Waals surface area (Å²) in [5, 5.41) is 17.2. The van der Waals surface area contributed by atoms with E-state index >= 15 is 0 Å². The van der Waals surface area contributed by atoms with Gasteiger partial charge in [-0.25, -0.2) is 8.42 Å². The Hall–Kier alpha value is -1.91. The number of hydrogen-bond acceptors (Lipinski definition) is 4. The van der Waals surface area contributed by atoms with E-state index in [0.717, 1.165) is 0 Å². The van der Waals surface area contributed by atoms with Gasteiger partial charge in [-0.2, -0.15) is 9.57 Å². The minimum absolute atomic E-state index is 0.0969. The number of nitrogens with zero attached hydrogens (tertiary/aromatic N) is 2. The molecule has 0 aliphatic heterocycles. The van der Waals surface area contributed by atoms with Gasteiger partial charge in [-0.05, 0) is 18.2 Å². The number of sulfonamides is 1. The molecule has 1 N–H and O–H groups in total. The van der Waals surface area contributed by atoms with Crippen molar-refractivity contribution in [1.29, 1.82) is 5.26 Å². The van der Waals surface area contributed by atoms with E-state index in [9.17, 15) is 13.2 Å². The van der Waals surface area contributed by atoms with Crippen LogP contribution >= 0.6 is 0 Å². The summed E-state index contributed by atoms with van der Waals surface area (Å²) < 4.78 is 24.5. The van der Waals surface area contributed by atoms with Crippen molar-refractivity contribution in [3.8, 4) is 6.07 Å². The number of hydrogen-bond donors (Lipinski definition) is 1. The number of likely N-dealkylation sites (N-methyl/N-ethyl adjacent to an activating group) is 1. The summed E-state index contributed by atoms with van der Waals surface area (Å²) in [6, 6.07) is 7.24. The molecule has 1 aromatic carbocycles. The van der Waals surface area contributed by atoms with E-state index in [1.165, 1.54) is 31.3 Å². The lowest BCUT2D eigenvalue weighted by molar-refractivity contribution is -0.137. The molecule has 0 spiro atoms. The lowest BCUT2D eigenvalue weighted by Gasteiger charge is -2.14. The molecule has 0 heterocycles. The van der Waals surface area contributed by atoms with Gasteiger partial charge in [0.25, 0.3) is 0 Å². The molecule has 90 valence electrons. The summed E-state index contributed by atoms with van der Waals surface area (Å²) in [4.78, 5) is 10.4. The van der Waals surface area contributed by atoms with Crippen molar-refractivity contribution in [3.05, 3.63) is 29.8 Å². The first-order chi connectivity index (χ1) is 7.87. The van der Waals surface area contributed by atoms with Crippen LogP contribution < -0.4 is 0 Å². The molecule has 0 radical (unpaired) electrons. The van der Waals surface area contributed by atoms with Gasteiger partial charge in [0.1, 0.15) is 6.54 Å². The van der Waals surface area contributed by atoms with Crippen molar-refractivity contribution in [2.45, 2.75) is 4.90 Å². The van der Waals surface area contributed by atoms with Crippen molar-refractivity contribution in [2.75, 3.05) is 13.6 Å². The summed E-state index contributed by atoms with van der Waals surface area (Å²) in [6.45, 7) is -0.626. The predicted octanol–water partition coefficient (Wildman–Crippen LogP) is 0.263. The first-order valence-corrected chi connectivity index (χ1v) is 6.00. The SMILES string of the molecule is CN(CC(=O)O)S(=O)(=O)c1cccc(C#N)c1. The maximum atomic E-state index is 11.9. The Morgan fingerprint density at radius 3 is 2.71 bits per heavy atom. The Kier molecular flexibility index (Phi) is 3.83. The Morgan fingerprint density at radius 2 is 2.18 bits per heavy atom. The maximum Gasteiger partial charge on any atom is 0.318 e. The quantitative estimate of drug-likeness (QED) is 0.831. The van der Waals surface area contributed by atoms with Crippen molar-refractivity contribution in [1.82, 2.24) is 4.31 Å². The second-order valence-corrected chi connectivity index (χ2v) is 5.34. The van der Waals surface area contributed by atoms with Crippen molar-refractivity contribution in [3.63, 3.8) is 0 Å². The fourth-order valence-corrected chi connectivity index (χ4v) is 2.35. The van der Waals surface area contributed by atoms with Crippen LogP contribution in [0, 0.1) is 11.3 Å². The maximum absolute atomic E-state index is 11.9. The van der Waals surface area contributed by atoms with Crippen molar-refractivity contribution >= 4 is 16.0 Å². The van der Waals surface area contributed by atoms with E-state index < -0.39 is 22.5 Å². The molecule has 0 unspecified atom stereocenters. The minimum atomic E-state index is -3.87. The highest BCUT2D eigenvalue weighted by Crippen LogP contribution is 2.15. The summed E-state index contributed by atoms with van der Waals surface area (Å²) in [5.74, 6) is -1.24. The van der Waals surface area contributed by atoms with E-state index in [0.29, 0.717) is 4.31 Å². The highest BCUT2D eigenvalue weighted by Gasteiger charge is 2.22. The topological polar surface area (TPSA) is 98.5 Å². The van der Waals surface area contributed by atoms with Gasteiger partial charge in [-0.15, -0.1) is 0 Å². The molecule has 0 saturated heterocycles. The molecule has 6 nitrogen and oxygen atoms in total. The highest BCUT2D eigenvalue weighted by molar-refractivity contribution is 7.89. The molecule has 17 heavy (non-hydrogen) atoms. The van der Waals surface area contributed by atoms with E-state index in [2.05, 4.69) is 0 Å². The summed E-state index contributed by atoms with van der Waals surface area (Å²) in [5.41, 5.74) is 0.204. The van der Waals surface area contributed by atoms with Crippen molar-refractivity contribution in [2.24, 2.45) is 0 Å². The van der Waals surface area contributed by atoms with E-state index in [1.54, 1.807) is 0 Å². The Bertz CT molecular complexity index is 574. The number of benzene rings is 1. The Labute approximate surface area is 98.8 Å². The molecule has 0 amide bonds. The van der Waals surface area contributed by atoms with Gasteiger partial charge in [-0.3, -0.25) is 4.79 Å². The lowest BCUT2D eigenvalue weighted by Crippen LogP contribution is -2.32. The third kappa shape index (κ3) is 3.03. The summed E-state index contributed by atoms with van der Waals surface area (Å²) in [6.07, 6.45) is 0. The molecule has 7 heteroatoms. The number of carbonyl (C=O) groups is 1. The number of carboxylic acids is 1. The molecule has 0 bridgehead atoms. The molecule has 0 aromatic heterocycles. The van der Waals surface area contributed by atoms with Crippen LogP contribution in [0.5, 0.6) is 0 Å². The smallest absolute Gasteiger partial charge is 0.318 e. The molecule has 0 saturated carbocycles. The third-order valence-electron chi connectivity index (χ3n) is 2.03. The van der Waals surface area contributed by atoms with E-state index in [-0.39, 0.29) is 10.5 Å². The zero-order chi connectivity index (χ0) is 13.1. The normalized spacial score (nSPS) is 11.1. The predicted molar refractivity (Wildman–Crippen MR) is 58.6 cm³/mol. The van der Waals surface area contributed by atoms with E-state index in [1.807, 2.05) is 6.07 Å². The van der Waals surface area contributed by atoms with Crippen molar-refractivity contribution < 1.29 is 18.3 Å². The van der Waals surface area contributed by atoms with Crippen LogP contribution in [0.3, 0.4) is 0 Å². The van der Waals surface area contributed by atoms with Gasteiger partial charge in [0, 0.05) is 7.05 Å². The number of aliphatic carboxylic acids is 1. The van der Waals surface area contributed by atoms with Crippen LogP contribution in [0.1, 0.15) is 5.56 Å². The lowest BCUT2D eigenvalue weighted by atomic mass is 10.2. The first-order valence-electron chi connectivity index (χ1n) is 4.56. The molecule has 0 aliphatic rings. The molecule has 0 aliphatic carbocycles. The fourth-order valence-electron chi connectivity index (χ4n) is 1.18. The average molecular weight is 254 g/mol. The molecular weight excluding hydrogens is 244 g/mol. The fraction of sp³-hybridized carbons (Fsp3) is 0.200. The number of rotatable bonds is 4. The zero-order valence-electron chi connectivity index (χ0n) is 8.99. The zero-order valence-corrected chi connectivity index (χ0v) is 9.81. The number of nitriles is 1. The second-order valence-electron chi connectivity index (χ2n) is 3.29. The van der Waals surface area contributed by atoms with Gasteiger partial charge in [0.05, 0.1) is 16.5 Å².